The molecule has 0 aliphatic heterocycles. The zero-order valence-electron chi connectivity index (χ0n) is 12.0. The Morgan fingerprint density at radius 2 is 1.60 bits per heavy atom. The number of hydrogen-bond acceptors (Lipinski definition) is 3. The first-order chi connectivity index (χ1) is 9.45. The van der Waals surface area contributed by atoms with Crippen molar-refractivity contribution >= 4 is 17.3 Å². The molecule has 3 nitrogen and oxygen atoms in total. The number of hydrogen-bond donors (Lipinski definition) is 1. The summed E-state index contributed by atoms with van der Waals surface area (Å²) in [6.45, 7) is 5.50. The summed E-state index contributed by atoms with van der Waals surface area (Å²) in [5.74, 6) is 0.306. The minimum atomic E-state index is -0.511. The zero-order valence-corrected chi connectivity index (χ0v) is 12.0. The summed E-state index contributed by atoms with van der Waals surface area (Å²) in [6.07, 6.45) is 0. The molecule has 0 aliphatic rings. The van der Waals surface area contributed by atoms with Crippen molar-refractivity contribution in [2.24, 2.45) is 5.41 Å². The number of anilines is 2. The van der Waals surface area contributed by atoms with Gasteiger partial charge in [0.2, 0.25) is 0 Å². The minimum absolute atomic E-state index is 0.241. The molecule has 2 rings (SSSR count). The summed E-state index contributed by atoms with van der Waals surface area (Å²) >= 11 is 0. The van der Waals surface area contributed by atoms with Crippen LogP contribution in [0.3, 0.4) is 0 Å². The van der Waals surface area contributed by atoms with E-state index in [0.29, 0.717) is 5.75 Å². The number of ether oxygens (including phenoxy) is 1. The van der Waals surface area contributed by atoms with Crippen molar-refractivity contribution in [1.29, 1.82) is 0 Å². The number of nitrogens with one attached hydrogen (secondary N) is 1. The van der Waals surface area contributed by atoms with Gasteiger partial charge in [-0.3, -0.25) is 4.79 Å². The van der Waals surface area contributed by atoms with Crippen LogP contribution in [-0.4, -0.2) is 5.97 Å². The van der Waals surface area contributed by atoms with Gasteiger partial charge in [0.25, 0.3) is 0 Å². The van der Waals surface area contributed by atoms with Gasteiger partial charge in [-0.2, -0.15) is 0 Å². The fraction of sp³-hybridized carbons (Fsp3) is 0.235. The van der Waals surface area contributed by atoms with Gasteiger partial charge in [-0.25, -0.2) is 0 Å². The zero-order chi connectivity index (χ0) is 14.6. The van der Waals surface area contributed by atoms with E-state index < -0.39 is 5.41 Å². The molecule has 104 valence electrons. The predicted molar refractivity (Wildman–Crippen MR) is 81.3 cm³/mol. The van der Waals surface area contributed by atoms with Crippen molar-refractivity contribution in [3.63, 3.8) is 0 Å². The molecule has 0 amide bonds. The van der Waals surface area contributed by atoms with Gasteiger partial charge in [-0.05, 0) is 45.0 Å². The van der Waals surface area contributed by atoms with E-state index in [9.17, 15) is 4.79 Å². The molecule has 0 spiro atoms. The monoisotopic (exact) mass is 269 g/mol. The molecule has 0 radical (unpaired) electrons. The first kappa shape index (κ1) is 14.1. The number of benzene rings is 2. The van der Waals surface area contributed by atoms with Crippen molar-refractivity contribution in [3.8, 4) is 5.75 Å². The normalized spacial score (nSPS) is 10.9. The van der Waals surface area contributed by atoms with Crippen LogP contribution in [0.2, 0.25) is 0 Å². The average molecular weight is 269 g/mol. The van der Waals surface area contributed by atoms with Gasteiger partial charge in [-0.1, -0.05) is 24.3 Å². The lowest BCUT2D eigenvalue weighted by atomic mass is 9.97. The highest BCUT2D eigenvalue weighted by molar-refractivity contribution is 5.78. The topological polar surface area (TPSA) is 38.3 Å². The first-order valence-electron chi connectivity index (χ1n) is 6.59. The van der Waals surface area contributed by atoms with E-state index in [-0.39, 0.29) is 5.97 Å². The van der Waals surface area contributed by atoms with E-state index >= 15 is 0 Å². The third-order valence-corrected chi connectivity index (χ3v) is 2.72. The summed E-state index contributed by atoms with van der Waals surface area (Å²) in [6, 6.07) is 17.2. The van der Waals surface area contributed by atoms with Crippen LogP contribution in [-0.2, 0) is 4.79 Å². The number of para-hydroxylation sites is 1. The Morgan fingerprint density at radius 3 is 2.25 bits per heavy atom. The minimum Gasteiger partial charge on any atom is -0.426 e. The molecule has 0 saturated carbocycles. The lowest BCUT2D eigenvalue weighted by Gasteiger charge is -2.16. The SMILES string of the molecule is CC(C)(C)C(=O)Oc1cccc(Nc2ccccc2)c1. The smallest absolute Gasteiger partial charge is 0.316 e. The Hall–Kier alpha value is -2.29. The van der Waals surface area contributed by atoms with Crippen LogP contribution in [0.5, 0.6) is 5.75 Å². The van der Waals surface area contributed by atoms with Crippen LogP contribution in [0.4, 0.5) is 11.4 Å². The molecule has 0 bridgehead atoms. The molecule has 0 aliphatic carbocycles. The largest absolute Gasteiger partial charge is 0.426 e. The van der Waals surface area contributed by atoms with Crippen LogP contribution < -0.4 is 10.1 Å². The standard InChI is InChI=1S/C17H19NO2/c1-17(2,3)16(19)20-15-11-7-10-14(12-15)18-13-8-5-4-6-9-13/h4-12,18H,1-3H3. The van der Waals surface area contributed by atoms with Crippen LogP contribution in [0.15, 0.2) is 54.6 Å². The second-order valence-electron chi connectivity index (χ2n) is 5.66. The second-order valence-corrected chi connectivity index (χ2v) is 5.66. The van der Waals surface area contributed by atoms with Gasteiger partial charge in [-0.15, -0.1) is 0 Å². The maximum atomic E-state index is 11.9. The lowest BCUT2D eigenvalue weighted by molar-refractivity contribution is -0.142. The Balaban J connectivity index is 2.10. The van der Waals surface area contributed by atoms with Crippen molar-refractivity contribution in [2.75, 3.05) is 5.32 Å². The number of carbonyl (C=O) groups excluding carboxylic acids is 1. The van der Waals surface area contributed by atoms with Gasteiger partial charge in [0, 0.05) is 17.4 Å². The molecule has 1 N–H and O–H groups in total. The Bertz CT molecular complexity index is 585. The molecule has 2 aromatic carbocycles. The predicted octanol–water partition coefficient (Wildman–Crippen LogP) is 4.38. The van der Waals surface area contributed by atoms with Crippen LogP contribution in [0.25, 0.3) is 0 Å². The molecule has 2 aromatic rings. The molecule has 3 heteroatoms. The summed E-state index contributed by atoms with van der Waals surface area (Å²) < 4.78 is 5.38. The highest BCUT2D eigenvalue weighted by atomic mass is 16.5. The molecular weight excluding hydrogens is 250 g/mol. The molecule has 0 heterocycles. The second kappa shape index (κ2) is 5.78. The van der Waals surface area contributed by atoms with Crippen LogP contribution in [0, 0.1) is 5.41 Å². The first-order valence-corrected chi connectivity index (χ1v) is 6.59. The van der Waals surface area contributed by atoms with Gasteiger partial charge in [0.15, 0.2) is 0 Å². The van der Waals surface area contributed by atoms with Gasteiger partial charge < -0.3 is 10.1 Å². The Morgan fingerprint density at radius 1 is 0.950 bits per heavy atom. The maximum absolute atomic E-state index is 11.9. The van der Waals surface area contributed by atoms with E-state index in [1.807, 2.05) is 69.3 Å². The maximum Gasteiger partial charge on any atom is 0.316 e. The molecule has 20 heavy (non-hydrogen) atoms. The van der Waals surface area contributed by atoms with E-state index in [1.54, 1.807) is 6.07 Å². The van der Waals surface area contributed by atoms with Crippen LogP contribution >= 0.6 is 0 Å². The quantitative estimate of drug-likeness (QED) is 0.663. The van der Waals surface area contributed by atoms with Crippen molar-refractivity contribution in [3.05, 3.63) is 54.6 Å². The van der Waals surface area contributed by atoms with E-state index in [2.05, 4.69) is 5.32 Å². The fourth-order valence-corrected chi connectivity index (χ4v) is 1.59. The molecule has 0 aromatic heterocycles. The average Bonchev–Trinajstić information content (AvgIpc) is 2.39. The number of rotatable bonds is 3. The summed E-state index contributed by atoms with van der Waals surface area (Å²) in [5.41, 5.74) is 1.37. The third-order valence-electron chi connectivity index (χ3n) is 2.72. The van der Waals surface area contributed by atoms with Gasteiger partial charge in [0.05, 0.1) is 5.41 Å². The van der Waals surface area contributed by atoms with E-state index in [1.165, 1.54) is 0 Å². The summed E-state index contributed by atoms with van der Waals surface area (Å²) in [4.78, 5) is 11.9. The Labute approximate surface area is 119 Å². The van der Waals surface area contributed by atoms with E-state index in [0.717, 1.165) is 11.4 Å². The summed E-state index contributed by atoms with van der Waals surface area (Å²) in [5, 5.41) is 3.26. The Kier molecular flexibility index (Phi) is 4.08. The molecular formula is C17H19NO2. The molecule has 0 fully saturated rings. The van der Waals surface area contributed by atoms with Gasteiger partial charge >= 0.3 is 5.97 Å². The number of esters is 1. The van der Waals surface area contributed by atoms with Crippen molar-refractivity contribution in [2.45, 2.75) is 20.8 Å². The van der Waals surface area contributed by atoms with Crippen molar-refractivity contribution < 1.29 is 9.53 Å². The van der Waals surface area contributed by atoms with Crippen LogP contribution in [0.1, 0.15) is 20.8 Å². The summed E-state index contributed by atoms with van der Waals surface area (Å²) in [7, 11) is 0. The fourth-order valence-electron chi connectivity index (χ4n) is 1.59. The highest BCUT2D eigenvalue weighted by Gasteiger charge is 2.23. The number of carbonyl (C=O) groups is 1. The van der Waals surface area contributed by atoms with Gasteiger partial charge in [0.1, 0.15) is 5.75 Å². The van der Waals surface area contributed by atoms with E-state index in [4.69, 9.17) is 4.74 Å². The molecule has 0 unspecified atom stereocenters. The molecule has 0 atom stereocenters. The van der Waals surface area contributed by atoms with Crippen molar-refractivity contribution in [1.82, 2.24) is 0 Å². The lowest BCUT2D eigenvalue weighted by Crippen LogP contribution is -2.25. The third kappa shape index (κ3) is 3.85. The molecule has 0 saturated heterocycles. The highest BCUT2D eigenvalue weighted by Crippen LogP contribution is 2.24.